The molecule has 0 radical (unpaired) electrons. The number of halogens is 4. The molecule has 2 N–H and O–H groups in total. The molecular formula is C16H12ClF3N4O. The zero-order valence-electron chi connectivity index (χ0n) is 12.7. The number of carbonyl (C=O) groups excluding carboxylic acids is 1. The van der Waals surface area contributed by atoms with Crippen LogP contribution in [0.2, 0.25) is 5.02 Å². The number of aromatic nitrogens is 1. The highest BCUT2D eigenvalue weighted by Gasteiger charge is 2.31. The summed E-state index contributed by atoms with van der Waals surface area (Å²) in [7, 11) is 0. The fourth-order valence-corrected chi connectivity index (χ4v) is 2.15. The van der Waals surface area contributed by atoms with E-state index in [-0.39, 0.29) is 29.8 Å². The first-order valence-electron chi connectivity index (χ1n) is 7.06. The molecule has 0 aliphatic carbocycles. The predicted octanol–water partition coefficient (Wildman–Crippen LogP) is 3.47. The molecule has 5 nitrogen and oxygen atoms in total. The van der Waals surface area contributed by atoms with Gasteiger partial charge in [-0.15, -0.1) is 0 Å². The van der Waals surface area contributed by atoms with Crippen molar-refractivity contribution in [3.05, 3.63) is 58.2 Å². The lowest BCUT2D eigenvalue weighted by Crippen LogP contribution is -2.29. The third-order valence-corrected chi connectivity index (χ3v) is 3.41. The SMILES string of the molecule is N#Cc1cccc(C(=O)NCCNc2ncc(C(F)(F)F)cc2Cl)c1. The van der Waals surface area contributed by atoms with Gasteiger partial charge in [0, 0.05) is 24.8 Å². The summed E-state index contributed by atoms with van der Waals surface area (Å²) in [6.07, 6.45) is -3.83. The zero-order chi connectivity index (χ0) is 18.4. The van der Waals surface area contributed by atoms with E-state index in [4.69, 9.17) is 16.9 Å². The minimum Gasteiger partial charge on any atom is -0.367 e. The van der Waals surface area contributed by atoms with Crippen molar-refractivity contribution >= 4 is 23.3 Å². The van der Waals surface area contributed by atoms with Crippen LogP contribution in [0.5, 0.6) is 0 Å². The number of carbonyl (C=O) groups is 1. The number of nitrogens with zero attached hydrogens (tertiary/aromatic N) is 2. The van der Waals surface area contributed by atoms with Gasteiger partial charge in [-0.1, -0.05) is 17.7 Å². The maximum atomic E-state index is 12.5. The minimum atomic E-state index is -4.51. The van der Waals surface area contributed by atoms with Gasteiger partial charge in [-0.3, -0.25) is 4.79 Å². The largest absolute Gasteiger partial charge is 0.417 e. The first-order chi connectivity index (χ1) is 11.8. The van der Waals surface area contributed by atoms with Gasteiger partial charge in [0.2, 0.25) is 0 Å². The molecule has 0 aliphatic rings. The van der Waals surface area contributed by atoms with E-state index in [2.05, 4.69) is 15.6 Å². The highest BCUT2D eigenvalue weighted by atomic mass is 35.5. The maximum absolute atomic E-state index is 12.5. The van der Waals surface area contributed by atoms with Gasteiger partial charge in [0.05, 0.1) is 22.2 Å². The molecule has 9 heteroatoms. The van der Waals surface area contributed by atoms with Gasteiger partial charge >= 0.3 is 6.18 Å². The monoisotopic (exact) mass is 368 g/mol. The van der Waals surface area contributed by atoms with Crippen molar-refractivity contribution in [2.45, 2.75) is 6.18 Å². The van der Waals surface area contributed by atoms with Gasteiger partial charge in [0.1, 0.15) is 5.82 Å². The molecule has 25 heavy (non-hydrogen) atoms. The minimum absolute atomic E-state index is 0.0930. The van der Waals surface area contributed by atoms with E-state index in [1.165, 1.54) is 6.07 Å². The van der Waals surface area contributed by atoms with E-state index < -0.39 is 11.7 Å². The summed E-state index contributed by atoms with van der Waals surface area (Å²) in [5.74, 6) is -0.277. The lowest BCUT2D eigenvalue weighted by atomic mass is 10.1. The Kier molecular flexibility index (Phi) is 5.83. The van der Waals surface area contributed by atoms with Crippen molar-refractivity contribution in [2.24, 2.45) is 0 Å². The number of alkyl halides is 3. The fraction of sp³-hybridized carbons (Fsp3) is 0.188. The maximum Gasteiger partial charge on any atom is 0.417 e. The highest BCUT2D eigenvalue weighted by Crippen LogP contribution is 2.32. The molecule has 130 valence electrons. The number of amides is 1. The number of benzene rings is 1. The van der Waals surface area contributed by atoms with Crippen molar-refractivity contribution in [3.8, 4) is 6.07 Å². The second-order valence-electron chi connectivity index (χ2n) is 4.93. The number of anilines is 1. The molecule has 2 aromatic rings. The van der Waals surface area contributed by atoms with Gasteiger partial charge in [0.25, 0.3) is 5.91 Å². The van der Waals surface area contributed by atoms with Crippen molar-refractivity contribution in [1.29, 1.82) is 5.26 Å². The number of hydrogen-bond donors (Lipinski definition) is 2. The first-order valence-corrected chi connectivity index (χ1v) is 7.44. The van der Waals surface area contributed by atoms with Gasteiger partial charge in [-0.05, 0) is 24.3 Å². The summed E-state index contributed by atoms with van der Waals surface area (Å²) in [6.45, 7) is 0.399. The van der Waals surface area contributed by atoms with Crippen LogP contribution in [0.1, 0.15) is 21.5 Å². The number of nitrogens with one attached hydrogen (secondary N) is 2. The van der Waals surface area contributed by atoms with Gasteiger partial charge < -0.3 is 10.6 Å². The van der Waals surface area contributed by atoms with Gasteiger partial charge in [0.15, 0.2) is 0 Å². The van der Waals surface area contributed by atoms with Crippen molar-refractivity contribution < 1.29 is 18.0 Å². The molecule has 0 aliphatic heterocycles. The van der Waals surface area contributed by atoms with Crippen LogP contribution in [-0.2, 0) is 6.18 Å². The summed E-state index contributed by atoms with van der Waals surface area (Å²) < 4.78 is 37.6. The van der Waals surface area contributed by atoms with E-state index in [0.29, 0.717) is 17.3 Å². The van der Waals surface area contributed by atoms with Crippen LogP contribution in [0.15, 0.2) is 36.5 Å². The zero-order valence-corrected chi connectivity index (χ0v) is 13.4. The number of nitriles is 1. The molecule has 0 spiro atoms. The normalized spacial score (nSPS) is 10.8. The molecule has 1 aromatic heterocycles. The summed E-state index contributed by atoms with van der Waals surface area (Å²) in [5, 5.41) is 14.0. The van der Waals surface area contributed by atoms with Crippen molar-refractivity contribution in [3.63, 3.8) is 0 Å². The van der Waals surface area contributed by atoms with E-state index in [1.54, 1.807) is 18.2 Å². The first kappa shape index (κ1) is 18.5. The summed E-state index contributed by atoms with van der Waals surface area (Å²) in [6, 6.07) is 8.92. The van der Waals surface area contributed by atoms with Crippen LogP contribution in [0, 0.1) is 11.3 Å². The molecule has 1 amide bonds. The second-order valence-corrected chi connectivity index (χ2v) is 5.33. The van der Waals surface area contributed by atoms with E-state index in [0.717, 1.165) is 6.07 Å². The molecule has 0 saturated heterocycles. The van der Waals surface area contributed by atoms with E-state index in [1.807, 2.05) is 6.07 Å². The van der Waals surface area contributed by atoms with Crippen LogP contribution < -0.4 is 10.6 Å². The predicted molar refractivity (Wildman–Crippen MR) is 86.2 cm³/mol. The van der Waals surface area contributed by atoms with E-state index >= 15 is 0 Å². The Hall–Kier alpha value is -2.79. The third-order valence-electron chi connectivity index (χ3n) is 3.13. The van der Waals surface area contributed by atoms with Crippen LogP contribution in [0.3, 0.4) is 0 Å². The lowest BCUT2D eigenvalue weighted by molar-refractivity contribution is -0.137. The van der Waals surface area contributed by atoms with E-state index in [9.17, 15) is 18.0 Å². The van der Waals surface area contributed by atoms with Crippen LogP contribution in [0.4, 0.5) is 19.0 Å². The standard InChI is InChI=1S/C16H12ClF3N4O/c17-13-7-12(16(18,19)20)9-24-14(13)22-4-5-23-15(25)11-3-1-2-10(6-11)8-21/h1-3,6-7,9H,4-5H2,(H,22,24)(H,23,25). The number of pyridine rings is 1. The Morgan fingerprint density at radius 3 is 2.68 bits per heavy atom. The summed E-state index contributed by atoms with van der Waals surface area (Å²) in [4.78, 5) is 15.6. The van der Waals surface area contributed by atoms with Crippen LogP contribution in [0.25, 0.3) is 0 Å². The molecular weight excluding hydrogens is 357 g/mol. The average molecular weight is 369 g/mol. The van der Waals surface area contributed by atoms with Crippen LogP contribution in [-0.4, -0.2) is 24.0 Å². The Bertz CT molecular complexity index is 818. The van der Waals surface area contributed by atoms with Crippen molar-refractivity contribution in [1.82, 2.24) is 10.3 Å². The number of hydrogen-bond acceptors (Lipinski definition) is 4. The van der Waals surface area contributed by atoms with Gasteiger partial charge in [-0.2, -0.15) is 18.4 Å². The molecule has 0 fully saturated rings. The average Bonchev–Trinajstić information content (AvgIpc) is 2.58. The topological polar surface area (TPSA) is 77.8 Å². The van der Waals surface area contributed by atoms with Gasteiger partial charge in [-0.25, -0.2) is 4.98 Å². The molecule has 0 atom stereocenters. The Morgan fingerprint density at radius 2 is 2.04 bits per heavy atom. The smallest absolute Gasteiger partial charge is 0.367 e. The highest BCUT2D eigenvalue weighted by molar-refractivity contribution is 6.32. The molecule has 0 unspecified atom stereocenters. The Labute approximate surface area is 146 Å². The fourth-order valence-electron chi connectivity index (χ4n) is 1.91. The third kappa shape index (κ3) is 5.09. The molecule has 2 rings (SSSR count). The molecule has 1 aromatic carbocycles. The summed E-state index contributed by atoms with van der Waals surface area (Å²) >= 11 is 5.76. The molecule has 0 bridgehead atoms. The Balaban J connectivity index is 1.87. The Morgan fingerprint density at radius 1 is 1.28 bits per heavy atom. The molecule has 1 heterocycles. The van der Waals surface area contributed by atoms with Crippen molar-refractivity contribution in [2.75, 3.05) is 18.4 Å². The summed E-state index contributed by atoms with van der Waals surface area (Å²) in [5.41, 5.74) is -0.232. The van der Waals surface area contributed by atoms with Crippen LogP contribution >= 0.6 is 11.6 Å². The quantitative estimate of drug-likeness (QED) is 0.792. The second kappa shape index (κ2) is 7.85. The molecule has 0 saturated carbocycles. The number of rotatable bonds is 5. The lowest BCUT2D eigenvalue weighted by Gasteiger charge is -2.11.